The van der Waals surface area contributed by atoms with E-state index in [1.807, 2.05) is 36.4 Å². The molecule has 0 spiro atoms. The van der Waals surface area contributed by atoms with Crippen molar-refractivity contribution in [3.05, 3.63) is 47.2 Å². The Morgan fingerprint density at radius 3 is 2.74 bits per heavy atom. The highest BCUT2D eigenvalue weighted by Gasteiger charge is 2.06. The smallest absolute Gasteiger partial charge is 0.134 e. The van der Waals surface area contributed by atoms with E-state index in [-0.39, 0.29) is 12.4 Å². The number of furan rings is 1. The Balaban J connectivity index is 0.00000180. The lowest BCUT2D eigenvalue weighted by Gasteiger charge is -2.08. The van der Waals surface area contributed by atoms with Crippen LogP contribution in [0.2, 0.25) is 5.02 Å². The average Bonchev–Trinajstić information content (AvgIpc) is 2.84. The number of halogens is 2. The molecule has 0 saturated heterocycles. The molecule has 4 heteroatoms. The Morgan fingerprint density at radius 2 is 2.05 bits per heavy atom. The molecule has 0 aliphatic carbocycles. The lowest BCUT2D eigenvalue weighted by atomic mass is 10.2. The van der Waals surface area contributed by atoms with Crippen LogP contribution in [0.15, 0.2) is 40.8 Å². The van der Waals surface area contributed by atoms with Crippen molar-refractivity contribution in [2.45, 2.75) is 32.9 Å². The number of hydrogen-bond acceptors (Lipinski definition) is 2. The van der Waals surface area contributed by atoms with Crippen LogP contribution in [0.3, 0.4) is 0 Å². The van der Waals surface area contributed by atoms with E-state index in [1.54, 1.807) is 0 Å². The predicted octanol–water partition coefficient (Wildman–Crippen LogP) is 4.91. The van der Waals surface area contributed by atoms with Gasteiger partial charge in [-0.1, -0.05) is 30.7 Å². The zero-order valence-corrected chi connectivity index (χ0v) is 12.7. The minimum Gasteiger partial charge on any atom is -0.460 e. The highest BCUT2D eigenvalue weighted by molar-refractivity contribution is 6.30. The molecule has 19 heavy (non-hydrogen) atoms. The normalized spacial score (nSPS) is 11.9. The summed E-state index contributed by atoms with van der Waals surface area (Å²) in [6, 6.07) is 12.2. The first-order valence-electron chi connectivity index (χ1n) is 6.27. The zero-order chi connectivity index (χ0) is 13.0. The fourth-order valence-electron chi connectivity index (χ4n) is 1.69. The Labute approximate surface area is 125 Å². The Hall–Kier alpha value is -0.960. The van der Waals surface area contributed by atoms with Crippen LogP contribution in [0.1, 0.15) is 26.0 Å². The molecule has 104 valence electrons. The molecule has 0 amide bonds. The van der Waals surface area contributed by atoms with Crippen LogP contribution in [0.5, 0.6) is 0 Å². The molecule has 0 bridgehead atoms. The maximum absolute atomic E-state index is 5.97. The van der Waals surface area contributed by atoms with E-state index in [1.165, 1.54) is 0 Å². The average molecular weight is 300 g/mol. The Bertz CT molecular complexity index is 510. The lowest BCUT2D eigenvalue weighted by Crippen LogP contribution is -2.24. The van der Waals surface area contributed by atoms with Gasteiger partial charge in [-0.25, -0.2) is 0 Å². The Morgan fingerprint density at radius 1 is 1.26 bits per heavy atom. The summed E-state index contributed by atoms with van der Waals surface area (Å²) in [4.78, 5) is 0. The molecule has 1 heterocycles. The molecule has 0 aliphatic rings. The van der Waals surface area contributed by atoms with Gasteiger partial charge in [0, 0.05) is 16.6 Å². The van der Waals surface area contributed by atoms with Crippen LogP contribution in [-0.4, -0.2) is 6.04 Å². The second kappa shape index (κ2) is 7.59. The number of hydrogen-bond donors (Lipinski definition) is 1. The van der Waals surface area contributed by atoms with Crippen molar-refractivity contribution in [3.8, 4) is 11.3 Å². The fourth-order valence-corrected chi connectivity index (χ4v) is 1.88. The molecule has 2 aromatic rings. The molecule has 0 saturated carbocycles. The summed E-state index contributed by atoms with van der Waals surface area (Å²) in [7, 11) is 0. The van der Waals surface area contributed by atoms with Gasteiger partial charge in [0.25, 0.3) is 0 Å². The summed E-state index contributed by atoms with van der Waals surface area (Å²) >= 11 is 5.97. The van der Waals surface area contributed by atoms with Crippen molar-refractivity contribution >= 4 is 24.0 Å². The van der Waals surface area contributed by atoms with Crippen LogP contribution in [0.25, 0.3) is 11.3 Å². The largest absolute Gasteiger partial charge is 0.460 e. The third-order valence-electron chi connectivity index (χ3n) is 3.01. The Kier molecular flexibility index (Phi) is 6.43. The fraction of sp³-hybridized carbons (Fsp3) is 0.333. The van der Waals surface area contributed by atoms with Crippen molar-refractivity contribution in [2.75, 3.05) is 0 Å². The van der Waals surface area contributed by atoms with Gasteiger partial charge in [-0.05, 0) is 37.6 Å². The number of nitrogens with one attached hydrogen (secondary N) is 1. The summed E-state index contributed by atoms with van der Waals surface area (Å²) < 4.78 is 5.80. The van der Waals surface area contributed by atoms with Crippen molar-refractivity contribution in [1.82, 2.24) is 5.32 Å². The lowest BCUT2D eigenvalue weighted by molar-refractivity contribution is 0.457. The molecule has 1 unspecified atom stereocenters. The van der Waals surface area contributed by atoms with Gasteiger partial charge in [-0.2, -0.15) is 0 Å². The van der Waals surface area contributed by atoms with Crippen molar-refractivity contribution in [1.29, 1.82) is 0 Å². The van der Waals surface area contributed by atoms with Gasteiger partial charge in [0.05, 0.1) is 6.54 Å². The molecule has 2 nitrogen and oxygen atoms in total. The second-order valence-corrected chi connectivity index (χ2v) is 4.90. The molecule has 1 aromatic carbocycles. The van der Waals surface area contributed by atoms with Gasteiger partial charge in [-0.15, -0.1) is 12.4 Å². The molecule has 1 aromatic heterocycles. The van der Waals surface area contributed by atoms with E-state index in [0.29, 0.717) is 6.04 Å². The van der Waals surface area contributed by atoms with Crippen LogP contribution in [0, 0.1) is 0 Å². The van der Waals surface area contributed by atoms with E-state index in [2.05, 4.69) is 19.2 Å². The summed E-state index contributed by atoms with van der Waals surface area (Å²) in [5.74, 6) is 1.81. The molecule has 1 N–H and O–H groups in total. The van der Waals surface area contributed by atoms with Gasteiger partial charge in [0.1, 0.15) is 11.5 Å². The summed E-state index contributed by atoms with van der Waals surface area (Å²) in [6.07, 6.45) is 1.11. The van der Waals surface area contributed by atoms with Crippen molar-refractivity contribution in [3.63, 3.8) is 0 Å². The molecular weight excluding hydrogens is 281 g/mol. The third-order valence-corrected chi connectivity index (χ3v) is 3.24. The minimum atomic E-state index is 0. The van der Waals surface area contributed by atoms with Gasteiger partial charge in [-0.3, -0.25) is 0 Å². The molecule has 2 rings (SSSR count). The maximum Gasteiger partial charge on any atom is 0.134 e. The minimum absolute atomic E-state index is 0. The first kappa shape index (κ1) is 16.1. The van der Waals surface area contributed by atoms with Gasteiger partial charge in [0.2, 0.25) is 0 Å². The molecule has 0 radical (unpaired) electrons. The van der Waals surface area contributed by atoms with E-state index in [0.717, 1.165) is 35.1 Å². The molecule has 1 atom stereocenters. The maximum atomic E-state index is 5.97. The number of rotatable bonds is 5. The second-order valence-electron chi connectivity index (χ2n) is 4.47. The summed E-state index contributed by atoms with van der Waals surface area (Å²) in [6.45, 7) is 5.09. The monoisotopic (exact) mass is 299 g/mol. The van der Waals surface area contributed by atoms with E-state index < -0.39 is 0 Å². The topological polar surface area (TPSA) is 25.2 Å². The van der Waals surface area contributed by atoms with Crippen LogP contribution < -0.4 is 5.32 Å². The predicted molar refractivity (Wildman–Crippen MR) is 83.0 cm³/mol. The zero-order valence-electron chi connectivity index (χ0n) is 11.2. The van der Waals surface area contributed by atoms with Gasteiger partial charge < -0.3 is 9.73 Å². The third kappa shape index (κ3) is 4.57. The van der Waals surface area contributed by atoms with E-state index in [4.69, 9.17) is 16.0 Å². The highest BCUT2D eigenvalue weighted by atomic mass is 35.5. The van der Waals surface area contributed by atoms with Gasteiger partial charge >= 0.3 is 0 Å². The number of benzene rings is 1. The highest BCUT2D eigenvalue weighted by Crippen LogP contribution is 2.24. The standard InChI is InChI=1S/C15H18ClNO.ClH/c1-3-11(2)17-10-14-7-8-15(18-14)12-5-4-6-13(16)9-12;/h4-9,11,17H,3,10H2,1-2H3;1H. The van der Waals surface area contributed by atoms with E-state index >= 15 is 0 Å². The van der Waals surface area contributed by atoms with Crippen molar-refractivity contribution in [2.24, 2.45) is 0 Å². The van der Waals surface area contributed by atoms with E-state index in [9.17, 15) is 0 Å². The summed E-state index contributed by atoms with van der Waals surface area (Å²) in [5.41, 5.74) is 1.01. The summed E-state index contributed by atoms with van der Waals surface area (Å²) in [5, 5.41) is 4.13. The van der Waals surface area contributed by atoms with Crippen LogP contribution in [0.4, 0.5) is 0 Å². The SMILES string of the molecule is CCC(C)NCc1ccc(-c2cccc(Cl)c2)o1.Cl. The molecule has 0 aliphatic heterocycles. The van der Waals surface area contributed by atoms with Crippen molar-refractivity contribution < 1.29 is 4.42 Å². The van der Waals surface area contributed by atoms with Gasteiger partial charge in [0.15, 0.2) is 0 Å². The molecule has 0 fully saturated rings. The molecular formula is C15H19Cl2NO. The first-order chi connectivity index (χ1) is 8.69. The quantitative estimate of drug-likeness (QED) is 0.848. The van der Waals surface area contributed by atoms with Crippen LogP contribution >= 0.6 is 24.0 Å². The first-order valence-corrected chi connectivity index (χ1v) is 6.65. The van der Waals surface area contributed by atoms with Crippen LogP contribution in [-0.2, 0) is 6.54 Å².